The van der Waals surface area contributed by atoms with Crippen LogP contribution in [0.4, 0.5) is 0 Å². The zero-order valence-corrected chi connectivity index (χ0v) is 12.6. The molecule has 5 N–H and O–H groups in total. The minimum Gasteiger partial charge on any atom is -0.478 e. The molecule has 0 aromatic heterocycles. The summed E-state index contributed by atoms with van der Waals surface area (Å²) < 4.78 is 13.7. The molecule has 0 saturated heterocycles. The van der Waals surface area contributed by atoms with E-state index in [-0.39, 0.29) is 12.5 Å². The highest BCUT2D eigenvalue weighted by Crippen LogP contribution is 2.35. The van der Waals surface area contributed by atoms with E-state index in [4.69, 9.17) is 20.0 Å². The first-order valence-corrected chi connectivity index (χ1v) is 6.82. The minimum atomic E-state index is -4.25. The van der Waals surface area contributed by atoms with Crippen molar-refractivity contribution in [3.05, 3.63) is 37.6 Å². The summed E-state index contributed by atoms with van der Waals surface area (Å²) in [5, 5.41) is 18.0. The Labute approximate surface area is 126 Å². The summed E-state index contributed by atoms with van der Waals surface area (Å²) >= 11 is 0. The fourth-order valence-electron chi connectivity index (χ4n) is 0.436. The number of carboxylic acids is 2. The van der Waals surface area contributed by atoms with Crippen molar-refractivity contribution in [2.24, 2.45) is 0 Å². The number of aliphatic carboxylic acids is 2. The molecule has 0 bridgehead atoms. The molecular weight excluding hydrogens is 321 g/mol. The summed E-state index contributed by atoms with van der Waals surface area (Å²) in [6, 6.07) is 0. The van der Waals surface area contributed by atoms with Crippen molar-refractivity contribution in [2.75, 3.05) is 6.61 Å². The number of phosphoric ester groups is 1. The van der Waals surface area contributed by atoms with Gasteiger partial charge in [-0.25, -0.2) is 14.2 Å². The number of nitrogens with one attached hydrogen (secondary N) is 1. The minimum absolute atomic E-state index is 0.0787. The smallest absolute Gasteiger partial charge is 0.469 e. The molecular formula is C11H18NO9P. The molecule has 1 amide bonds. The summed E-state index contributed by atoms with van der Waals surface area (Å²) in [6.45, 7) is 7.78. The van der Waals surface area contributed by atoms with E-state index in [9.17, 15) is 18.9 Å². The van der Waals surface area contributed by atoms with Crippen molar-refractivity contribution in [3.8, 4) is 0 Å². The number of carboxylic acid groups (broad SMARTS) is 2. The number of rotatable bonds is 6. The first-order valence-electron chi connectivity index (χ1n) is 5.29. The summed E-state index contributed by atoms with van der Waals surface area (Å²) in [7, 11) is -4.25. The number of carbonyl (C=O) groups excluding carboxylic acids is 1. The second-order valence-corrected chi connectivity index (χ2v) is 4.23. The maximum atomic E-state index is 9.86. The third kappa shape index (κ3) is 43.1. The van der Waals surface area contributed by atoms with Gasteiger partial charge in [-0.2, -0.15) is 0 Å². The van der Waals surface area contributed by atoms with E-state index in [0.717, 1.165) is 0 Å². The first kappa shape index (κ1) is 24.7. The number of amides is 1. The fraction of sp³-hybridized carbons (Fsp3) is 0.182. The first-order chi connectivity index (χ1) is 9.96. The summed E-state index contributed by atoms with van der Waals surface area (Å²) in [5.41, 5.74) is 0. The van der Waals surface area contributed by atoms with Crippen molar-refractivity contribution < 1.29 is 43.5 Å². The zero-order valence-electron chi connectivity index (χ0n) is 11.7. The van der Waals surface area contributed by atoms with Crippen molar-refractivity contribution in [1.29, 1.82) is 0 Å². The molecule has 0 aromatic rings. The molecule has 0 saturated carbocycles. The average molecular weight is 339 g/mol. The molecule has 0 spiro atoms. The van der Waals surface area contributed by atoms with Crippen LogP contribution in [0.5, 0.6) is 0 Å². The van der Waals surface area contributed by atoms with Gasteiger partial charge in [-0.15, -0.1) is 6.58 Å². The van der Waals surface area contributed by atoms with E-state index < -0.39 is 19.8 Å². The van der Waals surface area contributed by atoms with Gasteiger partial charge in [0, 0.05) is 19.1 Å². The molecule has 0 aliphatic rings. The topological polar surface area (TPSA) is 170 Å². The van der Waals surface area contributed by atoms with Gasteiger partial charge in [0.25, 0.3) is 0 Å². The Bertz CT molecular complexity index is 436. The van der Waals surface area contributed by atoms with Crippen molar-refractivity contribution in [3.63, 3.8) is 0 Å². The molecule has 0 aliphatic heterocycles. The number of hydrogen-bond donors (Lipinski definition) is 5. The Morgan fingerprint density at radius 1 is 1.14 bits per heavy atom. The fourth-order valence-corrected chi connectivity index (χ4v) is 0.736. The lowest BCUT2D eigenvalue weighted by Gasteiger charge is -1.98. The predicted octanol–water partition coefficient (Wildman–Crippen LogP) is 0.259. The molecule has 126 valence electrons. The van der Waals surface area contributed by atoms with Crippen molar-refractivity contribution >= 4 is 25.7 Å². The highest BCUT2D eigenvalue weighted by Gasteiger charge is 2.10. The van der Waals surface area contributed by atoms with Crippen LogP contribution in [0.1, 0.15) is 6.92 Å². The van der Waals surface area contributed by atoms with Gasteiger partial charge in [0.05, 0.1) is 6.61 Å². The maximum Gasteiger partial charge on any atom is 0.469 e. The molecule has 0 unspecified atom stereocenters. The molecule has 10 nitrogen and oxygen atoms in total. The molecule has 0 fully saturated rings. The van der Waals surface area contributed by atoms with Crippen LogP contribution in [0.25, 0.3) is 0 Å². The van der Waals surface area contributed by atoms with Gasteiger partial charge in [0.2, 0.25) is 5.91 Å². The third-order valence-corrected chi connectivity index (χ3v) is 1.52. The summed E-state index contributed by atoms with van der Waals surface area (Å²) in [4.78, 5) is 44.9. The van der Waals surface area contributed by atoms with E-state index in [1.807, 2.05) is 0 Å². The van der Waals surface area contributed by atoms with Gasteiger partial charge in [0.15, 0.2) is 0 Å². The van der Waals surface area contributed by atoms with Crippen LogP contribution in [0.3, 0.4) is 0 Å². The SMILES string of the molecule is C=CCOP(=O)(O)O.C=CNC(C)=O.O=C(O)/C=C\C(=O)O. The van der Waals surface area contributed by atoms with Crippen LogP contribution in [0.15, 0.2) is 37.6 Å². The predicted molar refractivity (Wildman–Crippen MR) is 76.6 cm³/mol. The van der Waals surface area contributed by atoms with Crippen LogP contribution < -0.4 is 5.32 Å². The molecule has 0 rings (SSSR count). The quantitative estimate of drug-likeness (QED) is 0.258. The van der Waals surface area contributed by atoms with Gasteiger partial charge in [-0.05, 0) is 6.20 Å². The van der Waals surface area contributed by atoms with Crippen LogP contribution in [-0.2, 0) is 23.5 Å². The van der Waals surface area contributed by atoms with Crippen LogP contribution >= 0.6 is 7.82 Å². The van der Waals surface area contributed by atoms with E-state index in [0.29, 0.717) is 12.2 Å². The van der Waals surface area contributed by atoms with E-state index >= 15 is 0 Å². The Morgan fingerprint density at radius 2 is 1.55 bits per heavy atom. The lowest BCUT2D eigenvalue weighted by molar-refractivity contribution is -0.134. The maximum absolute atomic E-state index is 9.86. The largest absolute Gasteiger partial charge is 0.478 e. The Morgan fingerprint density at radius 3 is 1.64 bits per heavy atom. The highest BCUT2D eigenvalue weighted by atomic mass is 31.2. The van der Waals surface area contributed by atoms with Gasteiger partial charge < -0.3 is 25.3 Å². The van der Waals surface area contributed by atoms with Crippen molar-refractivity contribution in [2.45, 2.75) is 6.92 Å². The molecule has 11 heteroatoms. The Balaban J connectivity index is -0.000000249. The molecule has 0 aliphatic carbocycles. The average Bonchev–Trinajstić information content (AvgIpc) is 2.34. The monoisotopic (exact) mass is 339 g/mol. The Hall–Kier alpha value is -2.26. The van der Waals surface area contributed by atoms with Gasteiger partial charge >= 0.3 is 19.8 Å². The second kappa shape index (κ2) is 15.1. The van der Waals surface area contributed by atoms with Crippen LogP contribution in [-0.4, -0.2) is 44.5 Å². The zero-order chi connectivity index (χ0) is 18.2. The molecule has 0 radical (unpaired) electrons. The van der Waals surface area contributed by atoms with Gasteiger partial charge in [-0.1, -0.05) is 12.7 Å². The van der Waals surface area contributed by atoms with Gasteiger partial charge in [-0.3, -0.25) is 9.32 Å². The number of carbonyl (C=O) groups is 3. The van der Waals surface area contributed by atoms with E-state index in [1.165, 1.54) is 19.2 Å². The molecule has 0 heterocycles. The molecule has 0 atom stereocenters. The normalized spacial score (nSPS) is 9.41. The molecule has 0 aromatic carbocycles. The highest BCUT2D eigenvalue weighted by molar-refractivity contribution is 7.46. The Kier molecular flexibility index (Phi) is 17.0. The van der Waals surface area contributed by atoms with Crippen molar-refractivity contribution in [1.82, 2.24) is 5.32 Å². The van der Waals surface area contributed by atoms with E-state index in [1.54, 1.807) is 0 Å². The van der Waals surface area contributed by atoms with Gasteiger partial charge in [0.1, 0.15) is 0 Å². The summed E-state index contributed by atoms with van der Waals surface area (Å²) in [6.07, 6.45) is 3.73. The number of phosphoric acid groups is 1. The standard InChI is InChI=1S/C4H7NO.C4H4O4.C3H7O4P/c1-3-5-4(2)6;5-3(6)1-2-4(7)8;1-2-3-7-8(4,5)6/h3H,1H2,2H3,(H,5,6);1-2H,(H,5,6)(H,7,8);2H,1,3H2,(H2,4,5,6)/b;2-1-;. The van der Waals surface area contributed by atoms with Crippen LogP contribution in [0.2, 0.25) is 0 Å². The summed E-state index contributed by atoms with van der Waals surface area (Å²) in [5.74, 6) is -2.59. The molecule has 22 heavy (non-hydrogen) atoms. The third-order valence-electron chi connectivity index (χ3n) is 1.03. The second-order valence-electron chi connectivity index (χ2n) is 2.99. The number of hydrogen-bond acceptors (Lipinski definition) is 5. The lowest BCUT2D eigenvalue weighted by Crippen LogP contribution is -2.10. The van der Waals surface area contributed by atoms with Crippen LogP contribution in [0, 0.1) is 0 Å². The van der Waals surface area contributed by atoms with E-state index in [2.05, 4.69) is 23.0 Å². The lowest BCUT2D eigenvalue weighted by atomic mass is 10.5.